The van der Waals surface area contributed by atoms with Crippen LogP contribution in [0, 0.1) is 20.9 Å². The molecule has 152 valence electrons. The third kappa shape index (κ3) is 2.96. The number of benzene rings is 1. The highest BCUT2D eigenvalue weighted by Gasteiger charge is 2.60. The lowest BCUT2D eigenvalue weighted by Crippen LogP contribution is -2.55. The summed E-state index contributed by atoms with van der Waals surface area (Å²) in [5, 5.41) is 11.2. The van der Waals surface area contributed by atoms with Crippen molar-refractivity contribution in [3.63, 3.8) is 0 Å². The summed E-state index contributed by atoms with van der Waals surface area (Å²) in [7, 11) is 0. The number of cyclic esters (lactones) is 1. The number of Topliss-reactive ketones (excluding diaryl/α,β-unsaturated/α-hetero) is 1. The normalized spacial score (nSPS) is 23.0. The largest absolute Gasteiger partial charge is 0.454 e. The number of non-ortho nitro benzene ring substituents is 1. The summed E-state index contributed by atoms with van der Waals surface area (Å²) in [6.07, 6.45) is 5.30. The Hall–Kier alpha value is -2.96. The lowest BCUT2D eigenvalue weighted by atomic mass is 9.59. The van der Waals surface area contributed by atoms with Gasteiger partial charge in [0.25, 0.3) is 5.69 Å². The molecule has 2 aromatic rings. The summed E-state index contributed by atoms with van der Waals surface area (Å²) in [4.78, 5) is 37.0. The molecule has 1 aromatic heterocycles. The van der Waals surface area contributed by atoms with Gasteiger partial charge in [0, 0.05) is 18.3 Å². The molecule has 4 rings (SSSR count). The van der Waals surface area contributed by atoms with E-state index in [0.717, 1.165) is 19.3 Å². The van der Waals surface area contributed by atoms with E-state index in [0.29, 0.717) is 24.2 Å². The minimum Gasteiger partial charge on any atom is -0.454 e. The molecule has 1 saturated carbocycles. The number of aromatic nitrogens is 1. The Morgan fingerprint density at radius 3 is 2.52 bits per heavy atom. The maximum atomic E-state index is 13.5. The summed E-state index contributed by atoms with van der Waals surface area (Å²) < 4.78 is 7.72. The molecule has 7 heteroatoms. The topological polar surface area (TPSA) is 91.4 Å². The number of nitro groups is 1. The van der Waals surface area contributed by atoms with Crippen molar-refractivity contribution in [2.45, 2.75) is 52.1 Å². The Balaban J connectivity index is 1.83. The average molecular weight is 396 g/mol. The Kier molecular flexibility index (Phi) is 4.56. The van der Waals surface area contributed by atoms with E-state index in [9.17, 15) is 19.7 Å². The average Bonchev–Trinajstić information content (AvgIpc) is 3.20. The van der Waals surface area contributed by atoms with Crippen LogP contribution in [0.15, 0.2) is 42.6 Å². The number of carbonyl (C=O) groups is 2. The highest BCUT2D eigenvalue weighted by molar-refractivity contribution is 6.08. The summed E-state index contributed by atoms with van der Waals surface area (Å²) in [5.41, 5.74) is -0.682. The zero-order valence-electron chi connectivity index (χ0n) is 16.6. The van der Waals surface area contributed by atoms with Crippen LogP contribution in [-0.4, -0.2) is 21.2 Å². The van der Waals surface area contributed by atoms with Gasteiger partial charge in [0.05, 0.1) is 21.7 Å². The maximum absolute atomic E-state index is 13.5. The molecule has 1 aromatic carbocycles. The van der Waals surface area contributed by atoms with Crippen LogP contribution in [0.2, 0.25) is 0 Å². The number of rotatable bonds is 3. The quantitative estimate of drug-likeness (QED) is 0.329. The zero-order chi connectivity index (χ0) is 20.8. The summed E-state index contributed by atoms with van der Waals surface area (Å²) in [6.45, 7) is 3.29. The van der Waals surface area contributed by atoms with Gasteiger partial charge >= 0.3 is 5.97 Å². The lowest BCUT2D eigenvalue weighted by Gasteiger charge is -2.49. The van der Waals surface area contributed by atoms with Gasteiger partial charge in [-0.3, -0.25) is 19.7 Å². The standard InChI is InChI=1S/C22H24N2O5/c1-21(2)19(25)22(11-4-3-5-12-22)18(29-20(21)26)17-10-7-13-23(17)15-8-6-9-16(14-15)24(27)28/h6-10,13-14,18H,3-5,11-12H2,1-2H3/t18-/m1/s1. The molecule has 0 radical (unpaired) electrons. The van der Waals surface area contributed by atoms with Crippen LogP contribution in [0.4, 0.5) is 5.69 Å². The molecule has 1 atom stereocenters. The smallest absolute Gasteiger partial charge is 0.319 e. The fraction of sp³-hybridized carbons (Fsp3) is 0.455. The first kappa shape index (κ1) is 19.4. The van der Waals surface area contributed by atoms with Crippen molar-refractivity contribution in [3.8, 4) is 5.69 Å². The number of ketones is 1. The fourth-order valence-corrected chi connectivity index (χ4v) is 4.82. The van der Waals surface area contributed by atoms with Crippen molar-refractivity contribution >= 4 is 17.4 Å². The van der Waals surface area contributed by atoms with Crippen LogP contribution in [0.5, 0.6) is 0 Å². The Morgan fingerprint density at radius 2 is 1.83 bits per heavy atom. The number of hydrogen-bond acceptors (Lipinski definition) is 5. The minimum atomic E-state index is -1.17. The first-order chi connectivity index (χ1) is 13.8. The van der Waals surface area contributed by atoms with Crippen molar-refractivity contribution in [2.24, 2.45) is 10.8 Å². The predicted molar refractivity (Wildman–Crippen MR) is 106 cm³/mol. The van der Waals surface area contributed by atoms with Gasteiger partial charge in [-0.1, -0.05) is 25.3 Å². The number of carbonyl (C=O) groups excluding carboxylic acids is 2. The van der Waals surface area contributed by atoms with E-state index in [2.05, 4.69) is 0 Å². The molecule has 2 aliphatic rings. The van der Waals surface area contributed by atoms with Gasteiger partial charge in [0.1, 0.15) is 5.41 Å². The van der Waals surface area contributed by atoms with Gasteiger partial charge < -0.3 is 9.30 Å². The molecule has 1 saturated heterocycles. The molecular formula is C22H24N2O5. The van der Waals surface area contributed by atoms with E-state index in [1.165, 1.54) is 12.1 Å². The molecule has 0 N–H and O–H groups in total. The molecule has 2 fully saturated rings. The molecule has 0 bridgehead atoms. The molecule has 1 aliphatic carbocycles. The molecule has 0 amide bonds. The van der Waals surface area contributed by atoms with Crippen LogP contribution in [0.25, 0.3) is 5.69 Å². The Morgan fingerprint density at radius 1 is 1.10 bits per heavy atom. The van der Waals surface area contributed by atoms with E-state index >= 15 is 0 Å². The zero-order valence-corrected chi connectivity index (χ0v) is 16.6. The van der Waals surface area contributed by atoms with E-state index in [1.54, 1.807) is 36.7 Å². The number of hydrogen-bond donors (Lipinski definition) is 0. The molecule has 29 heavy (non-hydrogen) atoms. The number of esters is 1. The lowest BCUT2D eigenvalue weighted by molar-refractivity contribution is -0.384. The maximum Gasteiger partial charge on any atom is 0.319 e. The molecular weight excluding hydrogens is 372 g/mol. The van der Waals surface area contributed by atoms with Gasteiger partial charge in [0.2, 0.25) is 0 Å². The molecule has 2 heterocycles. The van der Waals surface area contributed by atoms with Crippen molar-refractivity contribution in [3.05, 3.63) is 58.4 Å². The van der Waals surface area contributed by atoms with Gasteiger partial charge in [-0.15, -0.1) is 0 Å². The van der Waals surface area contributed by atoms with Gasteiger partial charge in [0.15, 0.2) is 11.9 Å². The monoisotopic (exact) mass is 396 g/mol. The van der Waals surface area contributed by atoms with Crippen molar-refractivity contribution in [1.29, 1.82) is 0 Å². The Labute approximate surface area is 168 Å². The van der Waals surface area contributed by atoms with Crippen molar-refractivity contribution in [2.75, 3.05) is 0 Å². The third-order valence-electron chi connectivity index (χ3n) is 6.37. The number of ether oxygens (including phenoxy) is 1. The fourth-order valence-electron chi connectivity index (χ4n) is 4.82. The predicted octanol–water partition coefficient (Wildman–Crippen LogP) is 4.53. The third-order valence-corrected chi connectivity index (χ3v) is 6.37. The summed E-state index contributed by atoms with van der Waals surface area (Å²) in [6, 6.07) is 9.94. The second-order valence-corrected chi connectivity index (χ2v) is 8.54. The first-order valence-corrected chi connectivity index (χ1v) is 9.95. The van der Waals surface area contributed by atoms with Crippen LogP contribution in [-0.2, 0) is 14.3 Å². The molecule has 1 spiro atoms. The summed E-state index contributed by atoms with van der Waals surface area (Å²) >= 11 is 0. The van der Waals surface area contributed by atoms with Crippen molar-refractivity contribution < 1.29 is 19.2 Å². The minimum absolute atomic E-state index is 0.0209. The molecule has 7 nitrogen and oxygen atoms in total. The van der Waals surface area contributed by atoms with Gasteiger partial charge in [-0.25, -0.2) is 0 Å². The van der Waals surface area contributed by atoms with E-state index < -0.39 is 27.8 Å². The number of nitro benzene ring substituents is 1. The first-order valence-electron chi connectivity index (χ1n) is 9.95. The molecule has 0 unspecified atom stereocenters. The van der Waals surface area contributed by atoms with Crippen molar-refractivity contribution in [1.82, 2.24) is 4.57 Å². The van der Waals surface area contributed by atoms with Gasteiger partial charge in [-0.2, -0.15) is 0 Å². The number of nitrogens with zero attached hydrogens (tertiary/aromatic N) is 2. The van der Waals surface area contributed by atoms with Crippen LogP contribution < -0.4 is 0 Å². The SMILES string of the molecule is CC1(C)C(=O)O[C@H](c2cccn2-c2cccc([N+](=O)[O-])c2)C2(CCCCC2)C1=O. The van der Waals surface area contributed by atoms with Crippen LogP contribution >= 0.6 is 0 Å². The van der Waals surface area contributed by atoms with Crippen LogP contribution in [0.1, 0.15) is 57.7 Å². The Bertz CT molecular complexity index is 985. The highest BCUT2D eigenvalue weighted by atomic mass is 16.6. The van der Waals surface area contributed by atoms with Crippen LogP contribution in [0.3, 0.4) is 0 Å². The second kappa shape index (κ2) is 6.83. The second-order valence-electron chi connectivity index (χ2n) is 8.54. The summed E-state index contributed by atoms with van der Waals surface area (Å²) in [5.74, 6) is -0.576. The molecule has 1 aliphatic heterocycles. The van der Waals surface area contributed by atoms with E-state index in [4.69, 9.17) is 4.74 Å². The van der Waals surface area contributed by atoms with E-state index in [1.807, 2.05) is 12.1 Å². The highest BCUT2D eigenvalue weighted by Crippen LogP contribution is 2.55. The van der Waals surface area contributed by atoms with E-state index in [-0.39, 0.29) is 11.5 Å². The van der Waals surface area contributed by atoms with Gasteiger partial charge in [-0.05, 0) is 44.9 Å².